The molecule has 0 heterocycles. The summed E-state index contributed by atoms with van der Waals surface area (Å²) in [5.74, 6) is -1.37. The number of amides is 2. The molecule has 0 aliphatic carbocycles. The molecular formula is C21H22BrN3O6. The molecule has 0 fully saturated rings. The topological polar surface area (TPSA) is 128 Å². The molecule has 164 valence electrons. The number of non-ortho nitro benzene ring substituents is 1. The molecule has 9 nitrogen and oxygen atoms in total. The number of carbonyl (C=O) groups is 3. The summed E-state index contributed by atoms with van der Waals surface area (Å²) in [4.78, 5) is 45.7. The summed E-state index contributed by atoms with van der Waals surface area (Å²) in [6.07, 6.45) is 0.289. The first-order valence-electron chi connectivity index (χ1n) is 9.42. The maximum atomic E-state index is 12.0. The average Bonchev–Trinajstić information content (AvgIpc) is 2.71. The van der Waals surface area contributed by atoms with Crippen LogP contribution in [0.2, 0.25) is 0 Å². The number of nitrogens with one attached hydrogen (secondary N) is 2. The Morgan fingerprint density at radius 1 is 0.968 bits per heavy atom. The van der Waals surface area contributed by atoms with Crippen LogP contribution in [0.1, 0.15) is 30.4 Å². The Labute approximate surface area is 187 Å². The van der Waals surface area contributed by atoms with Crippen molar-refractivity contribution in [2.24, 2.45) is 0 Å². The van der Waals surface area contributed by atoms with E-state index in [0.29, 0.717) is 11.4 Å². The number of nitro groups is 1. The summed E-state index contributed by atoms with van der Waals surface area (Å²) in [7, 11) is 0. The molecule has 2 amide bonds. The SMILES string of the molecule is Cc1cc(NC(=O)COC(=O)CCCC(=O)Nc2ccc([N+](=O)[O-])cc2)cc(C)c1Br. The maximum absolute atomic E-state index is 12.0. The first-order valence-corrected chi connectivity index (χ1v) is 10.2. The van der Waals surface area contributed by atoms with Crippen molar-refractivity contribution in [1.82, 2.24) is 0 Å². The summed E-state index contributed by atoms with van der Waals surface area (Å²) >= 11 is 3.45. The Morgan fingerprint density at radius 3 is 2.13 bits per heavy atom. The molecule has 0 saturated heterocycles. The Morgan fingerprint density at radius 2 is 1.55 bits per heavy atom. The van der Waals surface area contributed by atoms with Crippen molar-refractivity contribution < 1.29 is 24.0 Å². The minimum Gasteiger partial charge on any atom is -0.456 e. The predicted octanol–water partition coefficient (Wildman–Crippen LogP) is 4.26. The molecule has 0 aromatic heterocycles. The van der Waals surface area contributed by atoms with Crippen molar-refractivity contribution in [3.8, 4) is 0 Å². The van der Waals surface area contributed by atoms with E-state index in [1.807, 2.05) is 13.8 Å². The zero-order valence-electron chi connectivity index (χ0n) is 17.1. The predicted molar refractivity (Wildman–Crippen MR) is 119 cm³/mol. The number of anilines is 2. The van der Waals surface area contributed by atoms with Gasteiger partial charge in [-0.1, -0.05) is 15.9 Å². The van der Waals surface area contributed by atoms with Gasteiger partial charge in [-0.3, -0.25) is 24.5 Å². The number of carbonyl (C=O) groups excluding carboxylic acids is 3. The number of nitro benzene ring substituents is 1. The van der Waals surface area contributed by atoms with Gasteiger partial charge in [-0.15, -0.1) is 0 Å². The first-order chi connectivity index (χ1) is 14.7. The van der Waals surface area contributed by atoms with Crippen LogP contribution in [-0.4, -0.2) is 29.3 Å². The van der Waals surface area contributed by atoms with Crippen LogP contribution in [0.5, 0.6) is 0 Å². The number of hydrogen-bond acceptors (Lipinski definition) is 6. The van der Waals surface area contributed by atoms with E-state index in [9.17, 15) is 24.5 Å². The molecule has 0 saturated carbocycles. The molecule has 10 heteroatoms. The third-order valence-corrected chi connectivity index (χ3v) is 5.48. The molecule has 2 aromatic rings. The summed E-state index contributed by atoms with van der Waals surface area (Å²) in [5.41, 5.74) is 2.91. The molecule has 2 rings (SSSR count). The highest BCUT2D eigenvalue weighted by Gasteiger charge is 2.11. The van der Waals surface area contributed by atoms with Gasteiger partial charge in [0.25, 0.3) is 11.6 Å². The second kappa shape index (κ2) is 11.2. The van der Waals surface area contributed by atoms with Crippen LogP contribution in [-0.2, 0) is 19.1 Å². The quantitative estimate of drug-likeness (QED) is 0.306. The molecule has 0 unspecified atom stereocenters. The summed E-state index contributed by atoms with van der Waals surface area (Å²) < 4.78 is 5.91. The molecule has 0 bridgehead atoms. The van der Waals surface area contributed by atoms with Crippen molar-refractivity contribution in [2.75, 3.05) is 17.2 Å². The van der Waals surface area contributed by atoms with Gasteiger partial charge in [0.15, 0.2) is 6.61 Å². The van der Waals surface area contributed by atoms with Gasteiger partial charge in [0.05, 0.1) is 4.92 Å². The lowest BCUT2D eigenvalue weighted by Gasteiger charge is -2.10. The van der Waals surface area contributed by atoms with Crippen LogP contribution < -0.4 is 10.6 Å². The highest BCUT2D eigenvalue weighted by atomic mass is 79.9. The number of hydrogen-bond donors (Lipinski definition) is 2. The second-order valence-corrected chi connectivity index (χ2v) is 7.63. The monoisotopic (exact) mass is 491 g/mol. The fourth-order valence-electron chi connectivity index (χ4n) is 2.72. The lowest BCUT2D eigenvalue weighted by Crippen LogP contribution is -2.21. The van der Waals surface area contributed by atoms with Crippen molar-refractivity contribution in [3.05, 3.63) is 62.1 Å². The van der Waals surface area contributed by atoms with Crippen LogP contribution in [0, 0.1) is 24.0 Å². The smallest absolute Gasteiger partial charge is 0.306 e. The van der Waals surface area contributed by atoms with E-state index in [-0.39, 0.29) is 30.9 Å². The van der Waals surface area contributed by atoms with Gasteiger partial charge in [0.2, 0.25) is 5.91 Å². The van der Waals surface area contributed by atoms with Crippen molar-refractivity contribution in [3.63, 3.8) is 0 Å². The molecule has 0 aliphatic heterocycles. The van der Waals surface area contributed by atoms with Crippen LogP contribution in [0.25, 0.3) is 0 Å². The number of esters is 1. The number of rotatable bonds is 9. The first kappa shape index (κ1) is 24.0. The van der Waals surface area contributed by atoms with Gasteiger partial charge in [-0.25, -0.2) is 0 Å². The fourth-order valence-corrected chi connectivity index (χ4v) is 2.95. The Balaban J connectivity index is 1.67. The molecule has 0 aliphatic rings. The van der Waals surface area contributed by atoms with E-state index in [4.69, 9.17) is 4.74 Å². The third kappa shape index (κ3) is 7.82. The van der Waals surface area contributed by atoms with Gasteiger partial charge in [-0.2, -0.15) is 0 Å². The van der Waals surface area contributed by atoms with Gasteiger partial charge in [-0.05, 0) is 55.7 Å². The third-order valence-electron chi connectivity index (χ3n) is 4.23. The number of nitrogens with zero attached hydrogens (tertiary/aromatic N) is 1. The molecule has 0 atom stereocenters. The Hall–Kier alpha value is -3.27. The highest BCUT2D eigenvalue weighted by molar-refractivity contribution is 9.10. The van der Waals surface area contributed by atoms with Gasteiger partial charge >= 0.3 is 5.97 Å². The van der Waals surface area contributed by atoms with Crippen LogP contribution in [0.4, 0.5) is 17.1 Å². The standard InChI is InChI=1S/C21H22BrN3O6/c1-13-10-16(11-14(2)21(13)22)24-19(27)12-31-20(28)5-3-4-18(26)23-15-6-8-17(9-7-15)25(29)30/h6-11H,3-5,12H2,1-2H3,(H,23,26)(H,24,27). The van der Waals surface area contributed by atoms with Gasteiger partial charge in [0, 0.05) is 40.8 Å². The number of aryl methyl sites for hydroxylation is 2. The average molecular weight is 492 g/mol. The highest BCUT2D eigenvalue weighted by Crippen LogP contribution is 2.25. The second-order valence-electron chi connectivity index (χ2n) is 6.84. The minimum absolute atomic E-state index is 0.0164. The van der Waals surface area contributed by atoms with E-state index in [1.54, 1.807) is 12.1 Å². The summed E-state index contributed by atoms with van der Waals surface area (Å²) in [6.45, 7) is 3.40. The summed E-state index contributed by atoms with van der Waals surface area (Å²) in [6, 6.07) is 9.04. The molecule has 2 aromatic carbocycles. The largest absolute Gasteiger partial charge is 0.456 e. The Bertz CT molecular complexity index is 968. The van der Waals surface area contributed by atoms with Gasteiger partial charge in [0.1, 0.15) is 0 Å². The van der Waals surface area contributed by atoms with Crippen LogP contribution in [0.3, 0.4) is 0 Å². The lowest BCUT2D eigenvalue weighted by atomic mass is 10.1. The minimum atomic E-state index is -0.582. The summed E-state index contributed by atoms with van der Waals surface area (Å²) in [5, 5.41) is 15.9. The molecule has 0 radical (unpaired) electrons. The van der Waals surface area contributed by atoms with E-state index in [1.165, 1.54) is 24.3 Å². The zero-order chi connectivity index (χ0) is 23.0. The normalized spacial score (nSPS) is 10.3. The molecule has 31 heavy (non-hydrogen) atoms. The molecule has 0 spiro atoms. The number of benzene rings is 2. The maximum Gasteiger partial charge on any atom is 0.306 e. The van der Waals surface area contributed by atoms with Crippen molar-refractivity contribution in [1.29, 1.82) is 0 Å². The van der Waals surface area contributed by atoms with Gasteiger partial charge < -0.3 is 15.4 Å². The van der Waals surface area contributed by atoms with E-state index in [0.717, 1.165) is 15.6 Å². The lowest BCUT2D eigenvalue weighted by molar-refractivity contribution is -0.384. The van der Waals surface area contributed by atoms with E-state index < -0.39 is 23.4 Å². The number of halogens is 1. The van der Waals surface area contributed by atoms with E-state index >= 15 is 0 Å². The Kier molecular flexibility index (Phi) is 8.68. The van der Waals surface area contributed by atoms with E-state index in [2.05, 4.69) is 26.6 Å². The molecular weight excluding hydrogens is 470 g/mol. The van der Waals surface area contributed by atoms with Crippen molar-refractivity contribution in [2.45, 2.75) is 33.1 Å². The number of ether oxygens (including phenoxy) is 1. The van der Waals surface area contributed by atoms with Crippen LogP contribution >= 0.6 is 15.9 Å². The molecule has 2 N–H and O–H groups in total. The van der Waals surface area contributed by atoms with Crippen molar-refractivity contribution >= 4 is 50.8 Å². The van der Waals surface area contributed by atoms with Crippen LogP contribution in [0.15, 0.2) is 40.9 Å². The zero-order valence-corrected chi connectivity index (χ0v) is 18.7. The fraction of sp³-hybridized carbons (Fsp3) is 0.286.